The van der Waals surface area contributed by atoms with Gasteiger partial charge in [0.05, 0.1) is 0 Å². The molecule has 0 unspecified atom stereocenters. The SMILES string of the molecule is CN=C(NCCC(=O)N1CCN(c2ncccn2)CC1)N(C)Cc1cccc(F)c1. The van der Waals surface area contributed by atoms with E-state index in [-0.39, 0.29) is 11.7 Å². The van der Waals surface area contributed by atoms with Crippen LogP contribution in [0.1, 0.15) is 12.0 Å². The number of aliphatic imine (C=N–C) groups is 1. The number of piperazine rings is 1. The van der Waals surface area contributed by atoms with Crippen molar-refractivity contribution >= 4 is 17.8 Å². The summed E-state index contributed by atoms with van der Waals surface area (Å²) in [5, 5.41) is 3.21. The lowest BCUT2D eigenvalue weighted by Crippen LogP contribution is -2.50. The lowest BCUT2D eigenvalue weighted by Gasteiger charge is -2.34. The van der Waals surface area contributed by atoms with Crippen LogP contribution in [0.25, 0.3) is 0 Å². The number of rotatable bonds is 6. The molecule has 1 aliphatic heterocycles. The van der Waals surface area contributed by atoms with E-state index in [0.29, 0.717) is 44.5 Å². The van der Waals surface area contributed by atoms with Crippen molar-refractivity contribution in [3.8, 4) is 0 Å². The van der Waals surface area contributed by atoms with Crippen LogP contribution in [0.4, 0.5) is 10.3 Å². The number of hydrogen-bond donors (Lipinski definition) is 1. The molecule has 3 rings (SSSR count). The molecule has 0 saturated carbocycles. The number of hydrogen-bond acceptors (Lipinski definition) is 5. The van der Waals surface area contributed by atoms with Crippen molar-refractivity contribution in [2.45, 2.75) is 13.0 Å². The number of guanidine groups is 1. The first kappa shape index (κ1) is 21.5. The van der Waals surface area contributed by atoms with Gasteiger partial charge in [0.25, 0.3) is 0 Å². The number of anilines is 1. The number of aromatic nitrogens is 2. The minimum Gasteiger partial charge on any atom is -0.356 e. The molecule has 1 amide bonds. The van der Waals surface area contributed by atoms with E-state index in [1.807, 2.05) is 22.9 Å². The Kier molecular flexibility index (Phi) is 7.53. The second-order valence-corrected chi connectivity index (χ2v) is 7.13. The first-order chi connectivity index (χ1) is 14.6. The van der Waals surface area contributed by atoms with Gasteiger partial charge in [0, 0.05) is 72.2 Å². The molecule has 0 atom stereocenters. The molecule has 1 saturated heterocycles. The molecule has 0 radical (unpaired) electrons. The van der Waals surface area contributed by atoms with E-state index in [1.54, 1.807) is 31.6 Å². The Morgan fingerprint density at radius 2 is 1.93 bits per heavy atom. The van der Waals surface area contributed by atoms with E-state index in [9.17, 15) is 9.18 Å². The average Bonchev–Trinajstić information content (AvgIpc) is 2.77. The van der Waals surface area contributed by atoms with Crippen molar-refractivity contribution < 1.29 is 9.18 Å². The van der Waals surface area contributed by atoms with Crippen LogP contribution in [-0.2, 0) is 11.3 Å². The summed E-state index contributed by atoms with van der Waals surface area (Å²) in [5.74, 6) is 1.22. The van der Waals surface area contributed by atoms with E-state index < -0.39 is 0 Å². The number of halogens is 1. The van der Waals surface area contributed by atoms with Gasteiger partial charge < -0.3 is 20.0 Å². The lowest BCUT2D eigenvalue weighted by atomic mass is 10.2. The highest BCUT2D eigenvalue weighted by molar-refractivity contribution is 5.81. The van der Waals surface area contributed by atoms with Crippen molar-refractivity contribution in [1.29, 1.82) is 0 Å². The molecular formula is C21H28FN7O. The van der Waals surface area contributed by atoms with Crippen LogP contribution in [0, 0.1) is 5.82 Å². The second kappa shape index (κ2) is 10.5. The zero-order valence-electron chi connectivity index (χ0n) is 17.5. The minimum absolute atomic E-state index is 0.111. The second-order valence-electron chi connectivity index (χ2n) is 7.13. The highest BCUT2D eigenvalue weighted by Gasteiger charge is 2.22. The van der Waals surface area contributed by atoms with Crippen molar-refractivity contribution in [1.82, 2.24) is 25.1 Å². The molecule has 2 aromatic rings. The Labute approximate surface area is 176 Å². The van der Waals surface area contributed by atoms with Crippen molar-refractivity contribution in [3.63, 3.8) is 0 Å². The zero-order valence-corrected chi connectivity index (χ0v) is 17.5. The minimum atomic E-state index is -0.256. The van der Waals surface area contributed by atoms with E-state index >= 15 is 0 Å². The smallest absolute Gasteiger partial charge is 0.225 e. The number of benzene rings is 1. The Hall–Kier alpha value is -3.23. The molecule has 1 fully saturated rings. The Balaban J connectivity index is 1.41. The van der Waals surface area contributed by atoms with Crippen molar-refractivity contribution in [3.05, 3.63) is 54.1 Å². The standard InChI is InChI=1S/C21H28FN7O/c1-23-20(27(2)16-17-5-3-6-18(22)15-17)26-10-7-19(30)28-11-13-29(14-12-28)21-24-8-4-9-25-21/h3-6,8-9,15H,7,10-14,16H2,1-2H3,(H,23,26). The summed E-state index contributed by atoms with van der Waals surface area (Å²) in [5.41, 5.74) is 0.858. The molecule has 160 valence electrons. The summed E-state index contributed by atoms with van der Waals surface area (Å²) in [4.78, 5) is 31.2. The molecule has 30 heavy (non-hydrogen) atoms. The summed E-state index contributed by atoms with van der Waals surface area (Å²) in [7, 11) is 3.57. The third-order valence-electron chi connectivity index (χ3n) is 4.97. The van der Waals surface area contributed by atoms with Gasteiger partial charge in [-0.25, -0.2) is 14.4 Å². The summed E-state index contributed by atoms with van der Waals surface area (Å²) < 4.78 is 13.4. The first-order valence-corrected chi connectivity index (χ1v) is 10.0. The van der Waals surface area contributed by atoms with Crippen molar-refractivity contribution in [2.75, 3.05) is 51.7 Å². The fraction of sp³-hybridized carbons (Fsp3) is 0.429. The normalized spacial score (nSPS) is 14.6. The molecule has 9 heteroatoms. The van der Waals surface area contributed by atoms with Gasteiger partial charge in [-0.3, -0.25) is 9.79 Å². The van der Waals surface area contributed by atoms with Gasteiger partial charge >= 0.3 is 0 Å². The zero-order chi connectivity index (χ0) is 21.3. The van der Waals surface area contributed by atoms with E-state index in [2.05, 4.69) is 25.2 Å². The summed E-state index contributed by atoms with van der Waals surface area (Å²) in [6.45, 7) is 3.77. The van der Waals surface area contributed by atoms with Gasteiger partial charge in [-0.05, 0) is 23.8 Å². The van der Waals surface area contributed by atoms with Crippen LogP contribution in [0.15, 0.2) is 47.7 Å². The molecule has 0 bridgehead atoms. The average molecular weight is 414 g/mol. The maximum atomic E-state index is 13.4. The van der Waals surface area contributed by atoms with Crippen LogP contribution in [-0.4, -0.2) is 78.5 Å². The quantitative estimate of drug-likeness (QED) is 0.569. The predicted molar refractivity (Wildman–Crippen MR) is 115 cm³/mol. The number of amides is 1. The number of nitrogens with one attached hydrogen (secondary N) is 1. The maximum Gasteiger partial charge on any atom is 0.225 e. The third kappa shape index (κ3) is 5.88. The van der Waals surface area contributed by atoms with Gasteiger partial charge in [-0.2, -0.15) is 0 Å². The molecule has 1 aromatic heterocycles. The molecule has 1 aliphatic rings. The number of carbonyl (C=O) groups is 1. The van der Waals surface area contributed by atoms with Gasteiger partial charge in [-0.15, -0.1) is 0 Å². The highest BCUT2D eigenvalue weighted by Crippen LogP contribution is 2.10. The molecular weight excluding hydrogens is 385 g/mol. The summed E-state index contributed by atoms with van der Waals surface area (Å²) in [6, 6.07) is 8.29. The fourth-order valence-corrected chi connectivity index (χ4v) is 3.42. The first-order valence-electron chi connectivity index (χ1n) is 10.0. The number of nitrogens with zero attached hydrogens (tertiary/aromatic N) is 6. The molecule has 2 heterocycles. The Morgan fingerprint density at radius 3 is 2.60 bits per heavy atom. The van der Waals surface area contributed by atoms with Gasteiger partial charge in [0.1, 0.15) is 5.82 Å². The van der Waals surface area contributed by atoms with Gasteiger partial charge in [0.2, 0.25) is 11.9 Å². The predicted octanol–water partition coefficient (Wildman–Crippen LogP) is 1.36. The molecule has 0 aliphatic carbocycles. The molecule has 1 N–H and O–H groups in total. The fourth-order valence-electron chi connectivity index (χ4n) is 3.42. The third-order valence-corrected chi connectivity index (χ3v) is 4.97. The largest absolute Gasteiger partial charge is 0.356 e. The Bertz CT molecular complexity index is 853. The summed E-state index contributed by atoms with van der Waals surface area (Å²) >= 11 is 0. The highest BCUT2D eigenvalue weighted by atomic mass is 19.1. The van der Waals surface area contributed by atoms with Crippen LogP contribution in [0.5, 0.6) is 0 Å². The van der Waals surface area contributed by atoms with Gasteiger partial charge in [0.15, 0.2) is 5.96 Å². The molecule has 1 aromatic carbocycles. The van der Waals surface area contributed by atoms with Crippen LogP contribution in [0.3, 0.4) is 0 Å². The Morgan fingerprint density at radius 1 is 1.20 bits per heavy atom. The molecule has 0 spiro atoms. The lowest BCUT2D eigenvalue weighted by molar-refractivity contribution is -0.131. The number of carbonyl (C=O) groups excluding carboxylic acids is 1. The van der Waals surface area contributed by atoms with E-state index in [4.69, 9.17) is 0 Å². The monoisotopic (exact) mass is 413 g/mol. The van der Waals surface area contributed by atoms with E-state index in [1.165, 1.54) is 12.1 Å². The van der Waals surface area contributed by atoms with Crippen LogP contribution < -0.4 is 10.2 Å². The van der Waals surface area contributed by atoms with Gasteiger partial charge in [-0.1, -0.05) is 12.1 Å². The topological polar surface area (TPSA) is 77.0 Å². The maximum absolute atomic E-state index is 13.4. The summed E-state index contributed by atoms with van der Waals surface area (Å²) in [6.07, 6.45) is 3.84. The van der Waals surface area contributed by atoms with Crippen LogP contribution in [0.2, 0.25) is 0 Å². The van der Waals surface area contributed by atoms with E-state index in [0.717, 1.165) is 18.7 Å². The van der Waals surface area contributed by atoms with Crippen LogP contribution >= 0.6 is 0 Å². The van der Waals surface area contributed by atoms with Crippen molar-refractivity contribution in [2.24, 2.45) is 4.99 Å². The molecule has 8 nitrogen and oxygen atoms in total.